The molecule has 1 aliphatic carbocycles. The number of allylic oxidation sites excluding steroid dienone is 2. The second kappa shape index (κ2) is 4.48. The fourth-order valence-corrected chi connectivity index (χ4v) is 1.28. The third-order valence-corrected chi connectivity index (χ3v) is 2.06. The first-order valence-corrected chi connectivity index (χ1v) is 4.39. The van der Waals surface area contributed by atoms with Crippen molar-refractivity contribution in [3.63, 3.8) is 0 Å². The van der Waals surface area contributed by atoms with Gasteiger partial charge in [-0.1, -0.05) is 12.2 Å². The molecule has 0 aromatic heterocycles. The molecule has 1 aliphatic rings. The predicted octanol–water partition coefficient (Wildman–Crippen LogP) is 2.45. The molecule has 0 saturated heterocycles. The van der Waals surface area contributed by atoms with Gasteiger partial charge in [0.2, 0.25) is 0 Å². The average Bonchev–Trinajstić information content (AvgIpc) is 2.14. The second-order valence-corrected chi connectivity index (χ2v) is 3.25. The average molecular weight is 208 g/mol. The molecule has 1 rings (SSSR count). The van der Waals surface area contributed by atoms with Gasteiger partial charge in [0.15, 0.2) is 0 Å². The molecule has 0 aromatic carbocycles. The van der Waals surface area contributed by atoms with Crippen LogP contribution in [0, 0.1) is 5.92 Å². The van der Waals surface area contributed by atoms with Crippen molar-refractivity contribution < 1.29 is 22.7 Å². The third kappa shape index (κ3) is 3.40. The highest BCUT2D eigenvalue weighted by Crippen LogP contribution is 2.21. The Bertz CT molecular complexity index is 233. The quantitative estimate of drug-likeness (QED) is 0.514. The van der Waals surface area contributed by atoms with E-state index in [4.69, 9.17) is 0 Å². The van der Waals surface area contributed by atoms with Gasteiger partial charge in [0.1, 0.15) is 0 Å². The summed E-state index contributed by atoms with van der Waals surface area (Å²) in [5.74, 6) is -2.06. The van der Waals surface area contributed by atoms with E-state index in [-0.39, 0.29) is 12.5 Å². The maximum Gasteiger partial charge on any atom is 0.490 e. The van der Waals surface area contributed by atoms with Crippen LogP contribution < -0.4 is 0 Å². The Labute approximate surface area is 79.7 Å². The van der Waals surface area contributed by atoms with Crippen LogP contribution in [0.25, 0.3) is 0 Å². The van der Waals surface area contributed by atoms with Crippen LogP contribution in [0.4, 0.5) is 13.2 Å². The van der Waals surface area contributed by atoms with E-state index < -0.39 is 12.1 Å². The molecule has 0 amide bonds. The molecule has 0 N–H and O–H groups in total. The van der Waals surface area contributed by atoms with Gasteiger partial charge >= 0.3 is 12.1 Å². The van der Waals surface area contributed by atoms with Crippen molar-refractivity contribution in [3.8, 4) is 0 Å². The maximum absolute atomic E-state index is 11.7. The predicted molar refractivity (Wildman–Crippen MR) is 43.5 cm³/mol. The van der Waals surface area contributed by atoms with E-state index in [9.17, 15) is 18.0 Å². The number of ether oxygens (including phenoxy) is 1. The van der Waals surface area contributed by atoms with Crippen LogP contribution in [0.2, 0.25) is 0 Å². The molecule has 0 aromatic rings. The maximum atomic E-state index is 11.7. The van der Waals surface area contributed by atoms with Crippen molar-refractivity contribution in [2.75, 3.05) is 6.61 Å². The summed E-state index contributed by atoms with van der Waals surface area (Å²) in [5, 5.41) is 0. The third-order valence-electron chi connectivity index (χ3n) is 2.06. The second-order valence-electron chi connectivity index (χ2n) is 3.25. The first-order valence-electron chi connectivity index (χ1n) is 4.39. The molecular weight excluding hydrogens is 197 g/mol. The summed E-state index contributed by atoms with van der Waals surface area (Å²) in [7, 11) is 0. The lowest BCUT2D eigenvalue weighted by Gasteiger charge is -2.17. The lowest BCUT2D eigenvalue weighted by molar-refractivity contribution is -0.200. The minimum atomic E-state index is -4.87. The van der Waals surface area contributed by atoms with Crippen molar-refractivity contribution in [2.24, 2.45) is 5.92 Å². The van der Waals surface area contributed by atoms with Crippen molar-refractivity contribution in [1.82, 2.24) is 0 Å². The van der Waals surface area contributed by atoms with E-state index in [2.05, 4.69) is 4.74 Å². The highest BCUT2D eigenvalue weighted by atomic mass is 19.4. The molecule has 80 valence electrons. The van der Waals surface area contributed by atoms with E-state index in [1.54, 1.807) is 0 Å². The smallest absolute Gasteiger partial charge is 0.459 e. The van der Waals surface area contributed by atoms with Crippen LogP contribution in [0.1, 0.15) is 19.3 Å². The molecule has 0 spiro atoms. The van der Waals surface area contributed by atoms with Gasteiger partial charge in [-0.3, -0.25) is 0 Å². The monoisotopic (exact) mass is 208 g/mol. The highest BCUT2D eigenvalue weighted by Gasteiger charge is 2.41. The van der Waals surface area contributed by atoms with Crippen LogP contribution in [-0.2, 0) is 9.53 Å². The molecule has 0 fully saturated rings. The van der Waals surface area contributed by atoms with E-state index >= 15 is 0 Å². The Hall–Kier alpha value is -1.00. The topological polar surface area (TPSA) is 26.3 Å². The van der Waals surface area contributed by atoms with Crippen molar-refractivity contribution >= 4 is 5.97 Å². The minimum Gasteiger partial charge on any atom is -0.459 e. The summed E-state index contributed by atoms with van der Waals surface area (Å²) < 4.78 is 39.3. The van der Waals surface area contributed by atoms with Crippen LogP contribution >= 0.6 is 0 Å². The summed E-state index contributed by atoms with van der Waals surface area (Å²) in [6.45, 7) is -0.136. The molecular formula is C9H11F3O2. The molecule has 0 bridgehead atoms. The number of esters is 1. The fraction of sp³-hybridized carbons (Fsp3) is 0.667. The van der Waals surface area contributed by atoms with E-state index in [1.165, 1.54) is 0 Å². The number of carbonyl (C=O) groups excluding carboxylic acids is 1. The van der Waals surface area contributed by atoms with Gasteiger partial charge in [-0.25, -0.2) is 4.79 Å². The van der Waals surface area contributed by atoms with Gasteiger partial charge in [0, 0.05) is 0 Å². The van der Waals surface area contributed by atoms with Crippen molar-refractivity contribution in [3.05, 3.63) is 12.2 Å². The summed E-state index contributed by atoms with van der Waals surface area (Å²) in [5.41, 5.74) is 0. The Balaban J connectivity index is 2.26. The van der Waals surface area contributed by atoms with Gasteiger partial charge in [0.05, 0.1) is 6.61 Å². The lowest BCUT2D eigenvalue weighted by Crippen LogP contribution is -2.27. The Morgan fingerprint density at radius 3 is 2.64 bits per heavy atom. The molecule has 1 unspecified atom stereocenters. The summed E-state index contributed by atoms with van der Waals surface area (Å²) in [4.78, 5) is 10.3. The molecule has 0 aliphatic heterocycles. The molecule has 2 nitrogen and oxygen atoms in total. The van der Waals surface area contributed by atoms with Crippen LogP contribution in [0.15, 0.2) is 12.2 Å². The molecule has 0 saturated carbocycles. The number of carbonyl (C=O) groups is 1. The zero-order valence-electron chi connectivity index (χ0n) is 7.51. The molecule has 0 radical (unpaired) electrons. The number of alkyl halides is 3. The number of hydrogen-bond acceptors (Lipinski definition) is 2. The van der Waals surface area contributed by atoms with Crippen LogP contribution in [0.3, 0.4) is 0 Å². The lowest BCUT2D eigenvalue weighted by atomic mass is 9.95. The largest absolute Gasteiger partial charge is 0.490 e. The van der Waals surface area contributed by atoms with Gasteiger partial charge in [-0.15, -0.1) is 0 Å². The molecule has 1 atom stereocenters. The first-order chi connectivity index (χ1) is 6.50. The standard InChI is InChI=1S/C9H11F3O2/c10-9(11,12)8(13)14-6-7-4-2-1-3-5-7/h1-2,7H,3-6H2. The minimum absolute atomic E-state index is 0.0336. The number of halogens is 3. The summed E-state index contributed by atoms with van der Waals surface area (Å²) >= 11 is 0. The SMILES string of the molecule is O=C(OCC1CC=CCC1)C(F)(F)F. The highest BCUT2D eigenvalue weighted by molar-refractivity contribution is 5.75. The Morgan fingerprint density at radius 1 is 1.43 bits per heavy atom. The van der Waals surface area contributed by atoms with Gasteiger partial charge in [-0.2, -0.15) is 13.2 Å². The molecule has 0 heterocycles. The van der Waals surface area contributed by atoms with E-state index in [0.717, 1.165) is 12.8 Å². The van der Waals surface area contributed by atoms with Gasteiger partial charge in [0.25, 0.3) is 0 Å². The summed E-state index contributed by atoms with van der Waals surface area (Å²) in [6.07, 6.45) is 1.31. The van der Waals surface area contributed by atoms with Gasteiger partial charge < -0.3 is 4.74 Å². The number of hydrogen-bond donors (Lipinski definition) is 0. The Kier molecular flexibility index (Phi) is 3.55. The number of rotatable bonds is 2. The molecule has 5 heteroatoms. The van der Waals surface area contributed by atoms with E-state index in [0.29, 0.717) is 6.42 Å². The molecule has 14 heavy (non-hydrogen) atoms. The Morgan fingerprint density at radius 2 is 2.14 bits per heavy atom. The van der Waals surface area contributed by atoms with Crippen LogP contribution in [0.5, 0.6) is 0 Å². The zero-order valence-corrected chi connectivity index (χ0v) is 7.51. The van der Waals surface area contributed by atoms with Crippen molar-refractivity contribution in [2.45, 2.75) is 25.4 Å². The zero-order chi connectivity index (χ0) is 10.6. The van der Waals surface area contributed by atoms with Crippen LogP contribution in [-0.4, -0.2) is 18.8 Å². The van der Waals surface area contributed by atoms with Crippen molar-refractivity contribution in [1.29, 1.82) is 0 Å². The van der Waals surface area contributed by atoms with E-state index in [1.807, 2.05) is 12.2 Å². The van der Waals surface area contributed by atoms with Gasteiger partial charge in [-0.05, 0) is 25.2 Å². The fourth-order valence-electron chi connectivity index (χ4n) is 1.28. The normalized spacial score (nSPS) is 22.1. The summed E-state index contributed by atoms with van der Waals surface area (Å²) in [6, 6.07) is 0. The first kappa shape index (κ1) is 11.1.